The van der Waals surface area contributed by atoms with Crippen LogP contribution in [0.2, 0.25) is 0 Å². The summed E-state index contributed by atoms with van der Waals surface area (Å²) in [6.45, 7) is 8.33. The molecule has 0 atom stereocenters. The molecule has 0 unspecified atom stereocenters. The average molecular weight is 471 g/mol. The third kappa shape index (κ3) is 6.55. The van der Waals surface area contributed by atoms with Crippen LogP contribution in [-0.2, 0) is 17.7 Å². The highest BCUT2D eigenvalue weighted by atomic mass is 32.1. The van der Waals surface area contributed by atoms with E-state index in [0.29, 0.717) is 12.6 Å². The van der Waals surface area contributed by atoms with E-state index in [0.717, 1.165) is 86.7 Å². The van der Waals surface area contributed by atoms with Gasteiger partial charge < -0.3 is 19.9 Å². The Morgan fingerprint density at radius 1 is 1.21 bits per heavy atom. The summed E-state index contributed by atoms with van der Waals surface area (Å²) in [6, 6.07) is 8.74. The highest BCUT2D eigenvalue weighted by Crippen LogP contribution is 2.24. The number of benzene rings is 1. The minimum Gasteiger partial charge on any atom is -0.379 e. The third-order valence-corrected chi connectivity index (χ3v) is 7.42. The van der Waals surface area contributed by atoms with Crippen LogP contribution in [0.25, 0.3) is 10.9 Å². The summed E-state index contributed by atoms with van der Waals surface area (Å²) < 4.78 is 5.44. The molecule has 4 rings (SSSR count). The number of H-pyrrole nitrogens is 1. The Kier molecular flexibility index (Phi) is 8.75. The van der Waals surface area contributed by atoms with Crippen LogP contribution >= 0.6 is 12.2 Å². The van der Waals surface area contributed by atoms with E-state index in [1.54, 1.807) is 0 Å². The van der Waals surface area contributed by atoms with Crippen LogP contribution in [0, 0.1) is 0 Å². The molecule has 1 aromatic carbocycles. The number of thiocarbonyl (C=S) groups is 1. The van der Waals surface area contributed by atoms with Crippen LogP contribution in [0.1, 0.15) is 56.6 Å². The summed E-state index contributed by atoms with van der Waals surface area (Å²) in [4.78, 5) is 20.7. The van der Waals surface area contributed by atoms with E-state index in [1.807, 2.05) is 6.07 Å². The number of nitrogens with one attached hydrogen (secondary N) is 2. The zero-order valence-corrected chi connectivity index (χ0v) is 20.7. The largest absolute Gasteiger partial charge is 0.379 e. The maximum Gasteiger partial charge on any atom is 0.253 e. The van der Waals surface area contributed by atoms with E-state index >= 15 is 0 Å². The van der Waals surface area contributed by atoms with Crippen molar-refractivity contribution in [2.24, 2.45) is 0 Å². The second kappa shape index (κ2) is 12.0. The van der Waals surface area contributed by atoms with Gasteiger partial charge in [0, 0.05) is 36.8 Å². The first-order valence-electron chi connectivity index (χ1n) is 12.6. The first-order valence-corrected chi connectivity index (χ1v) is 13.0. The molecular weight excluding hydrogens is 432 g/mol. The van der Waals surface area contributed by atoms with Gasteiger partial charge in [-0.05, 0) is 73.6 Å². The maximum absolute atomic E-state index is 12.9. The summed E-state index contributed by atoms with van der Waals surface area (Å²) in [5.74, 6) is 0. The van der Waals surface area contributed by atoms with Gasteiger partial charge in [0.15, 0.2) is 5.11 Å². The van der Waals surface area contributed by atoms with Crippen molar-refractivity contribution >= 4 is 28.2 Å². The van der Waals surface area contributed by atoms with Gasteiger partial charge in [-0.1, -0.05) is 32.3 Å². The molecule has 1 aromatic heterocycles. The fourth-order valence-electron chi connectivity index (χ4n) is 5.01. The van der Waals surface area contributed by atoms with Crippen molar-refractivity contribution in [1.29, 1.82) is 0 Å². The Balaban J connectivity index is 1.44. The second-order valence-corrected chi connectivity index (χ2v) is 9.74. The first-order chi connectivity index (χ1) is 16.1. The minimum absolute atomic E-state index is 0.0114. The van der Waals surface area contributed by atoms with Gasteiger partial charge in [-0.2, -0.15) is 0 Å². The van der Waals surface area contributed by atoms with E-state index in [-0.39, 0.29) is 5.56 Å². The van der Waals surface area contributed by atoms with Gasteiger partial charge >= 0.3 is 0 Å². The highest BCUT2D eigenvalue weighted by molar-refractivity contribution is 7.80. The lowest BCUT2D eigenvalue weighted by molar-refractivity contribution is 0.0375. The quantitative estimate of drug-likeness (QED) is 0.452. The SMILES string of the molecule is CCc1ccc2[nH]c(=O)c(CN(C(=S)NCCCN3CCOCC3)C3CCCCC3)cc2c1. The van der Waals surface area contributed by atoms with Crippen LogP contribution in [0.4, 0.5) is 0 Å². The van der Waals surface area contributed by atoms with Gasteiger partial charge in [0.1, 0.15) is 0 Å². The molecule has 1 aliphatic carbocycles. The number of pyridine rings is 1. The monoisotopic (exact) mass is 470 g/mol. The number of nitrogens with zero attached hydrogens (tertiary/aromatic N) is 2. The van der Waals surface area contributed by atoms with Gasteiger partial charge in [0.2, 0.25) is 0 Å². The molecule has 33 heavy (non-hydrogen) atoms. The lowest BCUT2D eigenvalue weighted by Gasteiger charge is -2.36. The van der Waals surface area contributed by atoms with Gasteiger partial charge in [0.05, 0.1) is 19.8 Å². The zero-order valence-electron chi connectivity index (χ0n) is 19.9. The van der Waals surface area contributed by atoms with Crippen LogP contribution < -0.4 is 10.9 Å². The summed E-state index contributed by atoms with van der Waals surface area (Å²) in [6.07, 6.45) is 8.07. The number of ether oxygens (including phenoxy) is 1. The number of rotatable bonds is 8. The van der Waals surface area contributed by atoms with Crippen molar-refractivity contribution in [3.63, 3.8) is 0 Å². The molecule has 7 heteroatoms. The van der Waals surface area contributed by atoms with Gasteiger partial charge in [-0.3, -0.25) is 9.69 Å². The molecule has 2 N–H and O–H groups in total. The molecule has 0 radical (unpaired) electrons. The van der Waals surface area contributed by atoms with Gasteiger partial charge in [-0.25, -0.2) is 0 Å². The predicted octanol–water partition coefficient (Wildman–Crippen LogP) is 3.82. The molecule has 0 bridgehead atoms. The van der Waals surface area contributed by atoms with Crippen molar-refractivity contribution in [3.05, 3.63) is 45.7 Å². The summed E-state index contributed by atoms with van der Waals surface area (Å²) in [5, 5.41) is 5.38. The molecule has 2 fully saturated rings. The molecule has 0 spiro atoms. The summed E-state index contributed by atoms with van der Waals surface area (Å²) >= 11 is 5.87. The average Bonchev–Trinajstić information content (AvgIpc) is 2.86. The second-order valence-electron chi connectivity index (χ2n) is 9.36. The standard InChI is InChI=1S/C26H38N4O2S/c1-2-20-9-10-24-21(17-20)18-22(25(31)28-24)19-30(23-7-4-3-5-8-23)26(33)27-11-6-12-29-13-15-32-16-14-29/h9-10,17-18,23H,2-8,11-16,19H2,1H3,(H,27,33)(H,28,31). The van der Waals surface area contributed by atoms with E-state index in [1.165, 1.54) is 24.8 Å². The maximum atomic E-state index is 12.9. The van der Waals surface area contributed by atoms with Crippen molar-refractivity contribution in [2.75, 3.05) is 39.4 Å². The molecule has 6 nitrogen and oxygen atoms in total. The van der Waals surface area contributed by atoms with Crippen LogP contribution in [0.5, 0.6) is 0 Å². The number of morpholine rings is 1. The minimum atomic E-state index is -0.0114. The molecule has 180 valence electrons. The molecule has 0 amide bonds. The van der Waals surface area contributed by atoms with Crippen LogP contribution in [0.15, 0.2) is 29.1 Å². The molecule has 1 aliphatic heterocycles. The fraction of sp³-hybridized carbons (Fsp3) is 0.615. The number of aromatic amines is 1. The third-order valence-electron chi connectivity index (χ3n) is 7.04. The van der Waals surface area contributed by atoms with Gasteiger partial charge in [0.25, 0.3) is 5.56 Å². The predicted molar refractivity (Wildman–Crippen MR) is 139 cm³/mol. The fourth-order valence-corrected chi connectivity index (χ4v) is 5.32. The van der Waals surface area contributed by atoms with Crippen LogP contribution in [-0.4, -0.2) is 65.3 Å². The van der Waals surface area contributed by atoms with Crippen molar-refractivity contribution < 1.29 is 4.74 Å². The highest BCUT2D eigenvalue weighted by Gasteiger charge is 2.24. The van der Waals surface area contributed by atoms with E-state index in [2.05, 4.69) is 45.2 Å². The van der Waals surface area contributed by atoms with Gasteiger partial charge in [-0.15, -0.1) is 0 Å². The molecular formula is C26H38N4O2S. The lowest BCUT2D eigenvalue weighted by Crippen LogP contribution is -2.47. The number of hydrogen-bond donors (Lipinski definition) is 2. The smallest absolute Gasteiger partial charge is 0.253 e. The first kappa shape index (κ1) is 24.2. The number of hydrogen-bond acceptors (Lipinski definition) is 4. The zero-order chi connectivity index (χ0) is 23.0. The number of fused-ring (bicyclic) bond motifs is 1. The summed E-state index contributed by atoms with van der Waals surface area (Å²) in [7, 11) is 0. The van der Waals surface area contributed by atoms with E-state index < -0.39 is 0 Å². The number of aryl methyl sites for hydroxylation is 1. The van der Waals surface area contributed by atoms with Crippen molar-refractivity contribution in [3.8, 4) is 0 Å². The van der Waals surface area contributed by atoms with Crippen LogP contribution in [0.3, 0.4) is 0 Å². The van der Waals surface area contributed by atoms with E-state index in [4.69, 9.17) is 17.0 Å². The Morgan fingerprint density at radius 3 is 2.76 bits per heavy atom. The molecule has 1 saturated heterocycles. The normalized spacial score (nSPS) is 17.8. The molecule has 2 aromatic rings. The van der Waals surface area contributed by atoms with E-state index in [9.17, 15) is 4.79 Å². The molecule has 1 saturated carbocycles. The Morgan fingerprint density at radius 2 is 2.00 bits per heavy atom. The molecule has 2 aliphatic rings. The van der Waals surface area contributed by atoms with Crippen molar-refractivity contribution in [2.45, 2.75) is 64.5 Å². The topological polar surface area (TPSA) is 60.6 Å². The molecule has 2 heterocycles. The summed E-state index contributed by atoms with van der Waals surface area (Å²) in [5.41, 5.74) is 2.96. The Labute approximate surface area is 202 Å². The van der Waals surface area contributed by atoms with Crippen molar-refractivity contribution in [1.82, 2.24) is 20.1 Å². The Bertz CT molecular complexity index is 980. The lowest BCUT2D eigenvalue weighted by atomic mass is 9.94. The number of aromatic nitrogens is 1. The Hall–Kier alpha value is -1.96.